The van der Waals surface area contributed by atoms with Gasteiger partial charge in [0.1, 0.15) is 11.6 Å². The lowest BCUT2D eigenvalue weighted by Gasteiger charge is -2.11. The highest BCUT2D eigenvalue weighted by atomic mass is 19.2. The molecule has 3 aromatic carbocycles. The summed E-state index contributed by atoms with van der Waals surface area (Å²) in [5.74, 6) is -6.89. The van der Waals surface area contributed by atoms with Crippen LogP contribution in [0.15, 0.2) is 58.5 Å². The summed E-state index contributed by atoms with van der Waals surface area (Å²) in [5, 5.41) is 1.67. The van der Waals surface area contributed by atoms with Gasteiger partial charge in [-0.1, -0.05) is 24.3 Å². The molecule has 0 radical (unpaired) electrons. The average molecular weight is 489 g/mol. The van der Waals surface area contributed by atoms with Gasteiger partial charge < -0.3 is 8.98 Å². The van der Waals surface area contributed by atoms with E-state index in [1.807, 2.05) is 24.3 Å². The lowest BCUT2D eigenvalue weighted by molar-refractivity contribution is 0.0990. The van der Waals surface area contributed by atoms with Crippen molar-refractivity contribution in [1.29, 1.82) is 0 Å². The number of carbonyl (C=O) groups excluding carboxylic acids is 2. The van der Waals surface area contributed by atoms with E-state index in [0.717, 1.165) is 17.7 Å². The smallest absolute Gasteiger partial charge is 0.197 e. The molecule has 0 bridgehead atoms. The Balaban J connectivity index is 1.43. The molecule has 1 aliphatic rings. The first-order chi connectivity index (χ1) is 17.2. The van der Waals surface area contributed by atoms with Crippen molar-refractivity contribution in [1.82, 2.24) is 4.57 Å². The van der Waals surface area contributed by atoms with E-state index in [2.05, 4.69) is 0 Å². The van der Waals surface area contributed by atoms with Crippen LogP contribution in [0.3, 0.4) is 0 Å². The molecule has 2 aromatic heterocycles. The third kappa shape index (κ3) is 2.94. The van der Waals surface area contributed by atoms with Crippen LogP contribution in [0.1, 0.15) is 32.0 Å². The minimum atomic E-state index is -1.77. The number of allylic oxidation sites excluding steroid dienone is 1. The number of carbonyl (C=O) groups is 2. The average Bonchev–Trinajstić information content (AvgIpc) is 3.48. The molecule has 0 atom stereocenters. The van der Waals surface area contributed by atoms with Crippen molar-refractivity contribution in [3.05, 3.63) is 99.8 Å². The number of hydrogen-bond acceptors (Lipinski definition) is 3. The van der Waals surface area contributed by atoms with Crippen LogP contribution in [0, 0.1) is 30.2 Å². The van der Waals surface area contributed by atoms with E-state index < -0.39 is 46.0 Å². The molecule has 0 fully saturated rings. The number of Topliss-reactive ketones (excluding diaryl/α,β-unsaturated/α-hetero) is 2. The summed E-state index contributed by atoms with van der Waals surface area (Å²) in [6.45, 7) is 1.02. The first kappa shape index (κ1) is 22.0. The zero-order chi connectivity index (χ0) is 25.5. The van der Waals surface area contributed by atoms with Gasteiger partial charge in [-0.15, -0.1) is 0 Å². The predicted octanol–water partition coefficient (Wildman–Crippen LogP) is 6.92. The van der Waals surface area contributed by atoms with Crippen LogP contribution < -0.4 is 0 Å². The molecule has 2 heterocycles. The zero-order valence-corrected chi connectivity index (χ0v) is 18.9. The third-order valence-electron chi connectivity index (χ3n) is 6.64. The van der Waals surface area contributed by atoms with Gasteiger partial charge in [0, 0.05) is 35.9 Å². The maximum absolute atomic E-state index is 14.7. The van der Waals surface area contributed by atoms with Crippen molar-refractivity contribution in [3.8, 4) is 11.3 Å². The Labute approximate surface area is 201 Å². The van der Waals surface area contributed by atoms with Gasteiger partial charge in [-0.3, -0.25) is 9.59 Å². The SMILES string of the molecule is Cc1c(F)c(F)c(F)c(-c2cc3oc(C=C4C(=O)c5cc6ccccc6cc5C4=O)cc3n2C)c1F. The fourth-order valence-corrected chi connectivity index (χ4v) is 4.70. The number of aryl methyl sites for hydroxylation is 1. The molecule has 0 aliphatic heterocycles. The Kier molecular flexibility index (Phi) is 4.60. The van der Waals surface area contributed by atoms with Gasteiger partial charge in [-0.05, 0) is 35.9 Å². The Bertz CT molecular complexity index is 1760. The summed E-state index contributed by atoms with van der Waals surface area (Å²) >= 11 is 0. The van der Waals surface area contributed by atoms with Crippen LogP contribution in [0.2, 0.25) is 0 Å². The molecular formula is C28H15F4NO3. The second-order valence-corrected chi connectivity index (χ2v) is 8.70. The number of benzene rings is 3. The molecule has 1 aliphatic carbocycles. The number of furan rings is 1. The monoisotopic (exact) mass is 489 g/mol. The summed E-state index contributed by atoms with van der Waals surface area (Å²) in [4.78, 5) is 26.0. The molecule has 0 amide bonds. The highest BCUT2D eigenvalue weighted by Crippen LogP contribution is 2.37. The first-order valence-electron chi connectivity index (χ1n) is 10.9. The molecule has 0 saturated carbocycles. The van der Waals surface area contributed by atoms with Crippen molar-refractivity contribution >= 4 is 39.5 Å². The molecule has 4 nitrogen and oxygen atoms in total. The summed E-state index contributed by atoms with van der Waals surface area (Å²) in [6.07, 6.45) is 1.33. The molecule has 0 unspecified atom stereocenters. The maximum atomic E-state index is 14.7. The fourth-order valence-electron chi connectivity index (χ4n) is 4.70. The molecule has 5 aromatic rings. The molecule has 178 valence electrons. The van der Waals surface area contributed by atoms with Gasteiger partial charge in [0.05, 0.1) is 22.3 Å². The van der Waals surface area contributed by atoms with Crippen LogP contribution in [0.25, 0.3) is 39.2 Å². The molecule has 0 saturated heterocycles. The topological polar surface area (TPSA) is 52.2 Å². The standard InChI is InChI=1S/C28H15F4NO3/c1-12-23(29)22(25(31)26(32)24(12)30)20-11-21-19(33(20)2)10-15(36-21)9-18-27(34)16-7-13-5-3-4-6-14(13)8-17(16)28(18)35/h3-11H,1-2H3. The van der Waals surface area contributed by atoms with Gasteiger partial charge >= 0.3 is 0 Å². The largest absolute Gasteiger partial charge is 0.455 e. The summed E-state index contributed by atoms with van der Waals surface area (Å²) in [7, 11) is 1.48. The number of nitrogens with zero attached hydrogens (tertiary/aromatic N) is 1. The third-order valence-corrected chi connectivity index (χ3v) is 6.64. The zero-order valence-electron chi connectivity index (χ0n) is 18.9. The van der Waals surface area contributed by atoms with Crippen molar-refractivity contribution in [3.63, 3.8) is 0 Å². The van der Waals surface area contributed by atoms with E-state index in [9.17, 15) is 27.2 Å². The van der Waals surface area contributed by atoms with Crippen LogP contribution in [0.4, 0.5) is 17.6 Å². The van der Waals surface area contributed by atoms with Crippen LogP contribution >= 0.6 is 0 Å². The molecule has 8 heteroatoms. The minimum Gasteiger partial charge on any atom is -0.455 e. The molecular weight excluding hydrogens is 474 g/mol. The van der Waals surface area contributed by atoms with Crippen LogP contribution in [0.5, 0.6) is 0 Å². The predicted molar refractivity (Wildman–Crippen MR) is 126 cm³/mol. The Morgan fingerprint density at radius 3 is 2.00 bits per heavy atom. The van der Waals surface area contributed by atoms with E-state index in [1.54, 1.807) is 12.1 Å². The van der Waals surface area contributed by atoms with Crippen molar-refractivity contribution < 1.29 is 31.6 Å². The summed E-state index contributed by atoms with van der Waals surface area (Å²) in [5.41, 5.74) is -0.312. The second-order valence-electron chi connectivity index (χ2n) is 8.70. The van der Waals surface area contributed by atoms with E-state index in [4.69, 9.17) is 4.42 Å². The van der Waals surface area contributed by atoms with Gasteiger partial charge in [-0.2, -0.15) is 0 Å². The number of ketones is 2. The number of aromatic nitrogens is 1. The lowest BCUT2D eigenvalue weighted by Crippen LogP contribution is -2.05. The number of halogens is 4. The second kappa shape index (κ2) is 7.52. The molecule has 36 heavy (non-hydrogen) atoms. The number of fused-ring (bicyclic) bond motifs is 3. The Hall–Kier alpha value is -4.46. The van der Waals surface area contributed by atoms with Gasteiger partial charge in [-0.25, -0.2) is 17.6 Å². The fraction of sp³-hybridized carbons (Fsp3) is 0.0714. The maximum Gasteiger partial charge on any atom is 0.197 e. The molecule has 0 N–H and O–H groups in total. The highest BCUT2D eigenvalue weighted by molar-refractivity contribution is 6.42. The van der Waals surface area contributed by atoms with Crippen LogP contribution in [-0.4, -0.2) is 16.1 Å². The van der Waals surface area contributed by atoms with Gasteiger partial charge in [0.25, 0.3) is 0 Å². The molecule has 6 rings (SSSR count). The van der Waals surface area contributed by atoms with E-state index in [1.165, 1.54) is 29.8 Å². The normalized spacial score (nSPS) is 13.3. The number of hydrogen-bond donors (Lipinski definition) is 0. The quantitative estimate of drug-likeness (QED) is 0.0890. The molecule has 0 spiro atoms. The van der Waals surface area contributed by atoms with E-state index >= 15 is 0 Å². The first-order valence-corrected chi connectivity index (χ1v) is 10.9. The van der Waals surface area contributed by atoms with Crippen molar-refractivity contribution in [2.45, 2.75) is 6.92 Å². The number of rotatable bonds is 2. The highest BCUT2D eigenvalue weighted by Gasteiger charge is 2.34. The van der Waals surface area contributed by atoms with Crippen molar-refractivity contribution in [2.24, 2.45) is 7.05 Å². The lowest BCUT2D eigenvalue weighted by atomic mass is 10.0. The van der Waals surface area contributed by atoms with Gasteiger partial charge in [0.15, 0.2) is 34.6 Å². The van der Waals surface area contributed by atoms with Crippen molar-refractivity contribution in [2.75, 3.05) is 0 Å². The Morgan fingerprint density at radius 2 is 1.42 bits per heavy atom. The Morgan fingerprint density at radius 1 is 0.806 bits per heavy atom. The summed E-state index contributed by atoms with van der Waals surface area (Å²) < 4.78 is 64.0. The van der Waals surface area contributed by atoms with Crippen LogP contribution in [-0.2, 0) is 7.05 Å². The summed E-state index contributed by atoms with van der Waals surface area (Å²) in [6, 6.07) is 13.5. The van der Waals surface area contributed by atoms with E-state index in [-0.39, 0.29) is 22.6 Å². The van der Waals surface area contributed by atoms with E-state index in [0.29, 0.717) is 16.6 Å². The van der Waals surface area contributed by atoms with Gasteiger partial charge in [0.2, 0.25) is 0 Å². The minimum absolute atomic E-state index is 0.0621.